The summed E-state index contributed by atoms with van der Waals surface area (Å²) in [5.74, 6) is 1.85. The van der Waals surface area contributed by atoms with E-state index in [2.05, 4.69) is 10.3 Å². The summed E-state index contributed by atoms with van der Waals surface area (Å²) in [6.45, 7) is 0.642. The Morgan fingerprint density at radius 3 is 2.78 bits per heavy atom. The van der Waals surface area contributed by atoms with Gasteiger partial charge in [0.25, 0.3) is 0 Å². The normalized spacial score (nSPS) is 13.0. The van der Waals surface area contributed by atoms with Crippen LogP contribution < -0.4 is 5.32 Å². The van der Waals surface area contributed by atoms with Gasteiger partial charge in [0.2, 0.25) is 0 Å². The molecule has 0 aliphatic heterocycles. The standard InChI is InChI=1S/C21H18N4OS/c26-15-8-6-13(7-9-15)11-23-20-18-16-4-1-5-17(16)27-21(18)25-19(24-20)14-3-2-10-22-12-14/h2-3,6-10,12,26H,1,4-5,11H2,(H,23,24,25). The Bertz CT molecular complexity index is 1110. The quantitative estimate of drug-likeness (QED) is 0.548. The number of aromatic hydroxyl groups is 1. The van der Waals surface area contributed by atoms with Crippen molar-refractivity contribution >= 4 is 27.4 Å². The van der Waals surface area contributed by atoms with E-state index in [-0.39, 0.29) is 5.75 Å². The Morgan fingerprint density at radius 1 is 1.07 bits per heavy atom. The molecule has 5 rings (SSSR count). The van der Waals surface area contributed by atoms with Crippen LogP contribution in [-0.4, -0.2) is 20.1 Å². The molecule has 27 heavy (non-hydrogen) atoms. The minimum atomic E-state index is 0.276. The van der Waals surface area contributed by atoms with Crippen LogP contribution in [0.3, 0.4) is 0 Å². The molecule has 0 radical (unpaired) electrons. The lowest BCUT2D eigenvalue weighted by Gasteiger charge is -2.10. The van der Waals surface area contributed by atoms with Crippen LogP contribution >= 0.6 is 11.3 Å². The zero-order valence-electron chi connectivity index (χ0n) is 14.6. The number of nitrogens with one attached hydrogen (secondary N) is 1. The molecule has 0 unspecified atom stereocenters. The number of hydrogen-bond donors (Lipinski definition) is 2. The van der Waals surface area contributed by atoms with Crippen LogP contribution in [-0.2, 0) is 19.4 Å². The first-order valence-corrected chi connectivity index (χ1v) is 9.84. The van der Waals surface area contributed by atoms with Gasteiger partial charge in [-0.2, -0.15) is 0 Å². The molecule has 0 bridgehead atoms. The van der Waals surface area contributed by atoms with Crippen molar-refractivity contribution in [2.75, 3.05) is 5.32 Å². The smallest absolute Gasteiger partial charge is 0.164 e. The third-order valence-electron chi connectivity index (χ3n) is 4.88. The lowest BCUT2D eigenvalue weighted by molar-refractivity contribution is 0.475. The highest BCUT2D eigenvalue weighted by Gasteiger charge is 2.22. The summed E-state index contributed by atoms with van der Waals surface area (Å²) in [7, 11) is 0. The van der Waals surface area contributed by atoms with Crippen LogP contribution in [0.5, 0.6) is 5.75 Å². The number of rotatable bonds is 4. The maximum absolute atomic E-state index is 9.48. The highest BCUT2D eigenvalue weighted by molar-refractivity contribution is 7.19. The van der Waals surface area contributed by atoms with E-state index in [4.69, 9.17) is 9.97 Å². The van der Waals surface area contributed by atoms with E-state index in [9.17, 15) is 5.11 Å². The van der Waals surface area contributed by atoms with Crippen LogP contribution in [0.15, 0.2) is 48.8 Å². The van der Waals surface area contributed by atoms with Gasteiger partial charge in [0.05, 0.1) is 5.39 Å². The van der Waals surface area contributed by atoms with Crippen molar-refractivity contribution in [3.8, 4) is 17.1 Å². The number of thiophene rings is 1. The van der Waals surface area contributed by atoms with Crippen molar-refractivity contribution in [2.45, 2.75) is 25.8 Å². The van der Waals surface area contributed by atoms with Crippen LogP contribution in [0, 0.1) is 0 Å². The molecule has 134 valence electrons. The number of benzene rings is 1. The topological polar surface area (TPSA) is 70.9 Å². The maximum atomic E-state index is 9.48. The molecule has 3 heterocycles. The van der Waals surface area contributed by atoms with Crippen LogP contribution in [0.25, 0.3) is 21.6 Å². The number of hydrogen-bond acceptors (Lipinski definition) is 6. The molecule has 0 fully saturated rings. The number of fused-ring (bicyclic) bond motifs is 3. The second-order valence-corrected chi connectivity index (χ2v) is 7.78. The van der Waals surface area contributed by atoms with E-state index in [1.54, 1.807) is 35.9 Å². The summed E-state index contributed by atoms with van der Waals surface area (Å²) in [5.41, 5.74) is 3.41. The van der Waals surface area contributed by atoms with Crippen molar-refractivity contribution in [1.82, 2.24) is 15.0 Å². The predicted octanol–water partition coefficient (Wildman–Crippen LogP) is 4.56. The SMILES string of the molecule is Oc1ccc(CNc2nc(-c3cccnc3)nc3sc4c(c23)CCC4)cc1. The minimum Gasteiger partial charge on any atom is -0.508 e. The molecule has 4 aromatic rings. The lowest BCUT2D eigenvalue weighted by atomic mass is 10.1. The zero-order valence-corrected chi connectivity index (χ0v) is 15.5. The van der Waals surface area contributed by atoms with E-state index in [0.29, 0.717) is 12.4 Å². The molecule has 2 N–H and O–H groups in total. The van der Waals surface area contributed by atoms with Gasteiger partial charge in [0, 0.05) is 29.4 Å². The van der Waals surface area contributed by atoms with Crippen molar-refractivity contribution in [1.29, 1.82) is 0 Å². The lowest BCUT2D eigenvalue weighted by Crippen LogP contribution is -2.04. The van der Waals surface area contributed by atoms with E-state index in [1.165, 1.54) is 22.2 Å². The number of nitrogens with zero attached hydrogens (tertiary/aromatic N) is 3. The molecule has 5 nitrogen and oxygen atoms in total. The van der Waals surface area contributed by atoms with Crippen LogP contribution in [0.2, 0.25) is 0 Å². The number of phenolic OH excluding ortho intramolecular Hbond substituents is 1. The second-order valence-electron chi connectivity index (χ2n) is 6.70. The maximum Gasteiger partial charge on any atom is 0.164 e. The van der Waals surface area contributed by atoms with Crippen molar-refractivity contribution < 1.29 is 5.11 Å². The van der Waals surface area contributed by atoms with Crippen LogP contribution in [0.1, 0.15) is 22.4 Å². The Morgan fingerprint density at radius 2 is 1.96 bits per heavy atom. The summed E-state index contributed by atoms with van der Waals surface area (Å²) in [5, 5.41) is 14.1. The fourth-order valence-electron chi connectivity index (χ4n) is 3.55. The average Bonchev–Trinajstić information content (AvgIpc) is 3.29. The van der Waals surface area contributed by atoms with Gasteiger partial charge < -0.3 is 10.4 Å². The van der Waals surface area contributed by atoms with E-state index in [0.717, 1.165) is 34.6 Å². The van der Waals surface area contributed by atoms with Gasteiger partial charge in [0.1, 0.15) is 16.4 Å². The number of aryl methyl sites for hydroxylation is 2. The molecule has 0 atom stereocenters. The third kappa shape index (κ3) is 3.02. The number of phenols is 1. The molecule has 1 aliphatic rings. The Hall–Kier alpha value is -2.99. The van der Waals surface area contributed by atoms with Gasteiger partial charge in [-0.25, -0.2) is 9.97 Å². The number of aromatic nitrogens is 3. The molecule has 0 saturated carbocycles. The summed E-state index contributed by atoms with van der Waals surface area (Å²) in [6.07, 6.45) is 6.99. The first-order valence-electron chi connectivity index (χ1n) is 9.02. The molecule has 0 amide bonds. The highest BCUT2D eigenvalue weighted by atomic mass is 32.1. The number of anilines is 1. The summed E-state index contributed by atoms with van der Waals surface area (Å²) < 4.78 is 0. The Balaban J connectivity index is 1.58. The summed E-state index contributed by atoms with van der Waals surface area (Å²) in [4.78, 5) is 16.4. The van der Waals surface area contributed by atoms with Crippen LogP contribution in [0.4, 0.5) is 5.82 Å². The first-order chi connectivity index (χ1) is 13.3. The van der Waals surface area contributed by atoms with Gasteiger partial charge >= 0.3 is 0 Å². The molecule has 3 aromatic heterocycles. The van der Waals surface area contributed by atoms with Gasteiger partial charge in [-0.05, 0) is 54.7 Å². The van der Waals surface area contributed by atoms with Gasteiger partial charge in [-0.3, -0.25) is 4.98 Å². The molecule has 6 heteroatoms. The first kappa shape index (κ1) is 16.2. The predicted molar refractivity (Wildman–Crippen MR) is 108 cm³/mol. The second kappa shape index (κ2) is 6.63. The molecular weight excluding hydrogens is 356 g/mol. The molecule has 1 aliphatic carbocycles. The largest absolute Gasteiger partial charge is 0.508 e. The summed E-state index contributed by atoms with van der Waals surface area (Å²) in [6, 6.07) is 11.1. The van der Waals surface area contributed by atoms with Crippen molar-refractivity contribution in [2.24, 2.45) is 0 Å². The Labute approximate surface area is 160 Å². The monoisotopic (exact) mass is 374 g/mol. The highest BCUT2D eigenvalue weighted by Crippen LogP contribution is 2.40. The molecule has 1 aromatic carbocycles. The average molecular weight is 374 g/mol. The molecule has 0 spiro atoms. The molecular formula is C21H18N4OS. The van der Waals surface area contributed by atoms with E-state index >= 15 is 0 Å². The van der Waals surface area contributed by atoms with Gasteiger partial charge in [-0.1, -0.05) is 12.1 Å². The fourth-order valence-corrected chi connectivity index (χ4v) is 4.81. The van der Waals surface area contributed by atoms with E-state index < -0.39 is 0 Å². The zero-order chi connectivity index (χ0) is 18.2. The van der Waals surface area contributed by atoms with Gasteiger partial charge in [-0.15, -0.1) is 11.3 Å². The molecule has 0 saturated heterocycles. The van der Waals surface area contributed by atoms with E-state index in [1.807, 2.05) is 24.3 Å². The fraction of sp³-hybridized carbons (Fsp3) is 0.190. The number of pyridine rings is 1. The van der Waals surface area contributed by atoms with Crippen molar-refractivity contribution in [3.05, 3.63) is 64.8 Å². The van der Waals surface area contributed by atoms with Gasteiger partial charge in [0.15, 0.2) is 5.82 Å². The third-order valence-corrected chi connectivity index (χ3v) is 6.07. The van der Waals surface area contributed by atoms with Crippen molar-refractivity contribution in [3.63, 3.8) is 0 Å². The minimum absolute atomic E-state index is 0.276. The summed E-state index contributed by atoms with van der Waals surface area (Å²) >= 11 is 1.79. The Kier molecular flexibility index (Phi) is 3.98.